The number of hydrogen-bond acceptors (Lipinski definition) is 3. The molecule has 0 spiro atoms. The van der Waals surface area contributed by atoms with Crippen LogP contribution < -0.4 is 4.74 Å². The van der Waals surface area contributed by atoms with Crippen molar-refractivity contribution in [1.29, 1.82) is 0 Å². The molecule has 0 aliphatic rings. The number of benzene rings is 1. The van der Waals surface area contributed by atoms with Crippen LogP contribution in [0.2, 0.25) is 0 Å². The molecule has 0 amide bonds. The zero-order chi connectivity index (χ0) is 12.7. The summed E-state index contributed by atoms with van der Waals surface area (Å²) in [5.74, 6) is -0.465. The molecule has 0 fully saturated rings. The second kappa shape index (κ2) is 6.91. The first-order valence-electron chi connectivity index (χ1n) is 5.76. The fourth-order valence-corrected chi connectivity index (χ4v) is 1.50. The van der Waals surface area contributed by atoms with Crippen LogP contribution in [0.15, 0.2) is 24.3 Å². The van der Waals surface area contributed by atoms with E-state index < -0.39 is 12.1 Å². The van der Waals surface area contributed by atoms with E-state index in [0.29, 0.717) is 17.7 Å². The summed E-state index contributed by atoms with van der Waals surface area (Å²) in [4.78, 5) is 11.0. The number of aliphatic hydroxyl groups excluding tert-OH is 1. The number of rotatable bonds is 7. The monoisotopic (exact) mass is 238 g/mol. The lowest BCUT2D eigenvalue weighted by atomic mass is 10.1. The number of carboxylic acids is 1. The maximum absolute atomic E-state index is 11.0. The third-order valence-corrected chi connectivity index (χ3v) is 2.45. The smallest absolute Gasteiger partial charge is 0.344 e. The lowest BCUT2D eigenvalue weighted by molar-refractivity contribution is -0.145. The van der Waals surface area contributed by atoms with Crippen molar-refractivity contribution in [2.45, 2.75) is 38.9 Å². The van der Waals surface area contributed by atoms with Gasteiger partial charge in [0, 0.05) is 0 Å². The molecule has 1 atom stereocenters. The molecule has 1 aromatic carbocycles. The Labute approximate surface area is 101 Å². The van der Waals surface area contributed by atoms with Crippen LogP contribution in [-0.4, -0.2) is 22.3 Å². The SMILES string of the molecule is CCCCC(Oc1cccc(CO)c1)C(=O)O. The number of carboxylic acid groups (broad SMARTS) is 1. The van der Waals surface area contributed by atoms with Gasteiger partial charge < -0.3 is 14.9 Å². The van der Waals surface area contributed by atoms with E-state index in [4.69, 9.17) is 14.9 Å². The Kier molecular flexibility index (Phi) is 5.49. The fraction of sp³-hybridized carbons (Fsp3) is 0.462. The summed E-state index contributed by atoms with van der Waals surface area (Å²) in [7, 11) is 0. The van der Waals surface area contributed by atoms with Crippen LogP contribution in [0.3, 0.4) is 0 Å². The van der Waals surface area contributed by atoms with E-state index in [-0.39, 0.29) is 6.61 Å². The molecule has 94 valence electrons. The molecule has 1 aromatic rings. The summed E-state index contributed by atoms with van der Waals surface area (Å²) in [5, 5.41) is 18.0. The van der Waals surface area contributed by atoms with Crippen molar-refractivity contribution in [3.63, 3.8) is 0 Å². The van der Waals surface area contributed by atoms with Crippen LogP contribution in [0, 0.1) is 0 Å². The van der Waals surface area contributed by atoms with Crippen LogP contribution in [0.5, 0.6) is 5.75 Å². The minimum atomic E-state index is -0.951. The van der Waals surface area contributed by atoms with E-state index in [0.717, 1.165) is 12.8 Å². The molecule has 1 rings (SSSR count). The molecular formula is C13H18O4. The molecule has 4 heteroatoms. The topological polar surface area (TPSA) is 66.8 Å². The minimum absolute atomic E-state index is 0.0795. The Morgan fingerprint density at radius 1 is 1.47 bits per heavy atom. The van der Waals surface area contributed by atoms with Gasteiger partial charge in [-0.3, -0.25) is 0 Å². The van der Waals surface area contributed by atoms with Gasteiger partial charge in [-0.05, 0) is 30.5 Å². The maximum Gasteiger partial charge on any atom is 0.344 e. The van der Waals surface area contributed by atoms with Crippen LogP contribution >= 0.6 is 0 Å². The van der Waals surface area contributed by atoms with Gasteiger partial charge >= 0.3 is 5.97 Å². The van der Waals surface area contributed by atoms with E-state index in [9.17, 15) is 4.79 Å². The van der Waals surface area contributed by atoms with Crippen molar-refractivity contribution >= 4 is 5.97 Å². The van der Waals surface area contributed by atoms with Crippen molar-refractivity contribution < 1.29 is 19.7 Å². The number of carbonyl (C=O) groups is 1. The summed E-state index contributed by atoms with van der Waals surface area (Å²) in [5.41, 5.74) is 0.710. The molecule has 0 aliphatic carbocycles. The Balaban J connectivity index is 2.67. The van der Waals surface area contributed by atoms with Gasteiger partial charge in [0.25, 0.3) is 0 Å². The second-order valence-corrected chi connectivity index (χ2v) is 3.89. The standard InChI is InChI=1S/C13H18O4/c1-2-3-7-12(13(15)16)17-11-6-4-5-10(8-11)9-14/h4-6,8,12,14H,2-3,7,9H2,1H3,(H,15,16). The summed E-state index contributed by atoms with van der Waals surface area (Å²) in [6, 6.07) is 6.84. The molecular weight excluding hydrogens is 220 g/mol. The average molecular weight is 238 g/mol. The highest BCUT2D eigenvalue weighted by Crippen LogP contribution is 2.17. The van der Waals surface area contributed by atoms with Gasteiger partial charge in [-0.2, -0.15) is 0 Å². The molecule has 0 aliphatic heterocycles. The van der Waals surface area contributed by atoms with Crippen molar-refractivity contribution in [2.24, 2.45) is 0 Å². The third kappa shape index (κ3) is 4.44. The van der Waals surface area contributed by atoms with Gasteiger partial charge in [-0.1, -0.05) is 25.5 Å². The van der Waals surface area contributed by atoms with Gasteiger partial charge in [0.2, 0.25) is 0 Å². The van der Waals surface area contributed by atoms with Gasteiger partial charge in [-0.25, -0.2) is 4.79 Å². The van der Waals surface area contributed by atoms with Crippen LogP contribution in [0.1, 0.15) is 31.7 Å². The molecule has 4 nitrogen and oxygen atoms in total. The average Bonchev–Trinajstić information content (AvgIpc) is 2.34. The minimum Gasteiger partial charge on any atom is -0.479 e. The van der Waals surface area contributed by atoms with Crippen LogP contribution in [0.4, 0.5) is 0 Å². The van der Waals surface area contributed by atoms with Crippen molar-refractivity contribution in [2.75, 3.05) is 0 Å². The summed E-state index contributed by atoms with van der Waals surface area (Å²) >= 11 is 0. The highest BCUT2D eigenvalue weighted by Gasteiger charge is 2.18. The van der Waals surface area contributed by atoms with Crippen molar-refractivity contribution in [3.05, 3.63) is 29.8 Å². The third-order valence-electron chi connectivity index (χ3n) is 2.45. The zero-order valence-electron chi connectivity index (χ0n) is 9.93. The van der Waals surface area contributed by atoms with Gasteiger partial charge in [0.05, 0.1) is 6.61 Å². The molecule has 0 radical (unpaired) electrons. The maximum atomic E-state index is 11.0. The summed E-state index contributed by atoms with van der Waals surface area (Å²) < 4.78 is 5.41. The Bertz CT molecular complexity index is 362. The second-order valence-electron chi connectivity index (χ2n) is 3.89. The molecule has 0 saturated carbocycles. The number of aliphatic hydroxyl groups is 1. The molecule has 0 saturated heterocycles. The van der Waals surface area contributed by atoms with Crippen molar-refractivity contribution in [3.8, 4) is 5.75 Å². The quantitative estimate of drug-likeness (QED) is 0.764. The highest BCUT2D eigenvalue weighted by atomic mass is 16.5. The predicted molar refractivity (Wildman–Crippen MR) is 63.9 cm³/mol. The van der Waals surface area contributed by atoms with Gasteiger partial charge in [0.15, 0.2) is 6.10 Å². The Morgan fingerprint density at radius 2 is 2.24 bits per heavy atom. The number of aliphatic carboxylic acids is 1. The number of unbranched alkanes of at least 4 members (excludes halogenated alkanes) is 1. The van der Waals surface area contributed by atoms with E-state index in [2.05, 4.69) is 0 Å². The summed E-state index contributed by atoms with van der Waals surface area (Å²) in [6.07, 6.45) is 1.43. The predicted octanol–water partition coefficient (Wildman–Crippen LogP) is 2.20. The molecule has 0 aromatic heterocycles. The summed E-state index contributed by atoms with van der Waals surface area (Å²) in [6.45, 7) is 1.93. The van der Waals surface area contributed by atoms with Crippen molar-refractivity contribution in [1.82, 2.24) is 0 Å². The van der Waals surface area contributed by atoms with Gasteiger partial charge in [0.1, 0.15) is 5.75 Å². The molecule has 1 unspecified atom stereocenters. The van der Waals surface area contributed by atoms with E-state index in [1.165, 1.54) is 0 Å². The molecule has 0 bridgehead atoms. The highest BCUT2D eigenvalue weighted by molar-refractivity contribution is 5.72. The number of hydrogen-bond donors (Lipinski definition) is 2. The lowest BCUT2D eigenvalue weighted by Gasteiger charge is -2.15. The van der Waals surface area contributed by atoms with E-state index in [1.807, 2.05) is 6.92 Å². The molecule has 0 heterocycles. The van der Waals surface area contributed by atoms with E-state index >= 15 is 0 Å². The van der Waals surface area contributed by atoms with Gasteiger partial charge in [-0.15, -0.1) is 0 Å². The van der Waals surface area contributed by atoms with Crippen LogP contribution in [-0.2, 0) is 11.4 Å². The first kappa shape index (κ1) is 13.5. The van der Waals surface area contributed by atoms with E-state index in [1.54, 1.807) is 24.3 Å². The normalized spacial score (nSPS) is 12.1. The molecule has 2 N–H and O–H groups in total. The number of ether oxygens (including phenoxy) is 1. The first-order valence-corrected chi connectivity index (χ1v) is 5.76. The fourth-order valence-electron chi connectivity index (χ4n) is 1.50. The Morgan fingerprint density at radius 3 is 2.82 bits per heavy atom. The van der Waals surface area contributed by atoms with Crippen LogP contribution in [0.25, 0.3) is 0 Å². The lowest BCUT2D eigenvalue weighted by Crippen LogP contribution is -2.26. The largest absolute Gasteiger partial charge is 0.479 e. The Hall–Kier alpha value is -1.55. The first-order chi connectivity index (χ1) is 8.17. The molecule has 17 heavy (non-hydrogen) atoms. The zero-order valence-corrected chi connectivity index (χ0v) is 9.93.